The fraction of sp³-hybridized carbons (Fsp3) is 1.00. The number of aliphatic hydroxyl groups excluding tert-OH is 5. The van der Waals surface area contributed by atoms with Gasteiger partial charge >= 0.3 is 31.2 Å². The van der Waals surface area contributed by atoms with Crippen LogP contribution in [0.1, 0.15) is 0 Å². The molecule has 2 aliphatic rings. The summed E-state index contributed by atoms with van der Waals surface area (Å²) in [6.45, 7) is -3.74. The van der Waals surface area contributed by atoms with Crippen molar-refractivity contribution in [3.8, 4) is 0 Å². The lowest BCUT2D eigenvalue weighted by molar-refractivity contribution is -0.377. The zero-order valence-corrected chi connectivity index (χ0v) is 19.4. The third kappa shape index (κ3) is 7.65. The van der Waals surface area contributed by atoms with Crippen LogP contribution in [0.5, 0.6) is 0 Å². The number of hydrogen-bond donors (Lipinski definition) is 8. The SMILES string of the molecule is O=S(=O)(O)O[C@H]1[C@@H](O[C@]2(CO)O[C@H](CO)[C@@H](O)[C@@H]2OS(=O)(=O)O)O[C@H](CO)[C@@H](O)[C@@H]1OS(=O)(=O)O. The number of rotatable bonds is 11. The molecule has 208 valence electrons. The van der Waals surface area contributed by atoms with Crippen molar-refractivity contribution in [2.75, 3.05) is 19.8 Å². The molecule has 8 N–H and O–H groups in total. The van der Waals surface area contributed by atoms with Gasteiger partial charge in [0.25, 0.3) is 0 Å². The first-order valence-corrected chi connectivity index (χ1v) is 13.1. The average Bonchev–Trinajstić information content (AvgIpc) is 2.95. The summed E-state index contributed by atoms with van der Waals surface area (Å²) in [5.74, 6) is -2.97. The molecule has 0 amide bonds. The van der Waals surface area contributed by atoms with Crippen molar-refractivity contribution in [3.63, 3.8) is 0 Å². The monoisotopic (exact) mass is 582 g/mol. The molecule has 0 aliphatic carbocycles. The lowest BCUT2D eigenvalue weighted by Gasteiger charge is -2.45. The summed E-state index contributed by atoms with van der Waals surface area (Å²) in [5.41, 5.74) is 0. The molecule has 0 saturated carbocycles. The van der Waals surface area contributed by atoms with Gasteiger partial charge in [-0.05, 0) is 0 Å². The van der Waals surface area contributed by atoms with E-state index in [2.05, 4.69) is 12.5 Å². The van der Waals surface area contributed by atoms with Crippen LogP contribution < -0.4 is 0 Å². The van der Waals surface area contributed by atoms with E-state index >= 15 is 0 Å². The number of hydrogen-bond acceptors (Lipinski definition) is 17. The Hall–Kier alpha value is -0.710. The molecule has 2 aliphatic heterocycles. The van der Waals surface area contributed by atoms with Crippen LogP contribution in [-0.4, -0.2) is 139 Å². The second kappa shape index (κ2) is 11.0. The third-order valence-electron chi connectivity index (χ3n) is 4.68. The van der Waals surface area contributed by atoms with E-state index in [9.17, 15) is 50.8 Å². The van der Waals surface area contributed by atoms with E-state index < -0.39 is 106 Å². The van der Waals surface area contributed by atoms with Crippen LogP contribution in [0.25, 0.3) is 0 Å². The van der Waals surface area contributed by atoms with Crippen molar-refractivity contribution in [3.05, 3.63) is 0 Å². The van der Waals surface area contributed by atoms with Gasteiger partial charge in [0.1, 0.15) is 37.1 Å². The second-order valence-electron chi connectivity index (χ2n) is 7.06. The minimum atomic E-state index is -5.57. The zero-order chi connectivity index (χ0) is 27.0. The van der Waals surface area contributed by atoms with Crippen molar-refractivity contribution < 1.29 is 91.2 Å². The predicted octanol–water partition coefficient (Wildman–Crippen LogP) is -5.91. The summed E-state index contributed by atoms with van der Waals surface area (Å²) >= 11 is 0. The molecule has 2 rings (SSSR count). The molecule has 0 bridgehead atoms. The summed E-state index contributed by atoms with van der Waals surface area (Å²) in [7, 11) is -16.5. The summed E-state index contributed by atoms with van der Waals surface area (Å²) < 4.78 is 123. The van der Waals surface area contributed by atoms with E-state index in [1.165, 1.54) is 0 Å². The van der Waals surface area contributed by atoms with Crippen molar-refractivity contribution >= 4 is 31.2 Å². The first kappa shape index (κ1) is 30.5. The van der Waals surface area contributed by atoms with E-state index in [0.29, 0.717) is 0 Å². The van der Waals surface area contributed by atoms with Crippen LogP contribution in [0.15, 0.2) is 0 Å². The highest BCUT2D eigenvalue weighted by Crippen LogP contribution is 2.39. The van der Waals surface area contributed by atoms with Crippen LogP contribution in [0.3, 0.4) is 0 Å². The van der Waals surface area contributed by atoms with Crippen molar-refractivity contribution in [2.45, 2.75) is 54.8 Å². The quantitative estimate of drug-likeness (QED) is 0.105. The number of aliphatic hydroxyl groups is 5. The predicted molar refractivity (Wildman–Crippen MR) is 99.9 cm³/mol. The van der Waals surface area contributed by atoms with Gasteiger partial charge in [0.05, 0.1) is 13.2 Å². The van der Waals surface area contributed by atoms with Crippen LogP contribution in [0.4, 0.5) is 0 Å². The fourth-order valence-corrected chi connectivity index (χ4v) is 4.85. The molecular weight excluding hydrogens is 560 g/mol. The summed E-state index contributed by atoms with van der Waals surface area (Å²) in [6.07, 6.45) is -18.2. The van der Waals surface area contributed by atoms with Gasteiger partial charge in [-0.15, -0.1) is 0 Å². The number of ether oxygens (including phenoxy) is 3. The van der Waals surface area contributed by atoms with Gasteiger partial charge in [-0.1, -0.05) is 0 Å². The normalized spacial score (nSPS) is 39.1. The second-order valence-corrected chi connectivity index (χ2v) is 10.2. The molecule has 0 spiro atoms. The third-order valence-corrected chi connectivity index (χ3v) is 6.06. The van der Waals surface area contributed by atoms with Gasteiger partial charge in [0.15, 0.2) is 18.5 Å². The molecule has 2 heterocycles. The molecule has 0 radical (unpaired) electrons. The molecule has 0 unspecified atom stereocenters. The lowest BCUT2D eigenvalue weighted by atomic mass is 9.99. The Morgan fingerprint density at radius 2 is 1.20 bits per heavy atom. The molecular formula is C12H22O20S3. The minimum Gasteiger partial charge on any atom is -0.394 e. The minimum absolute atomic E-state index is 1.07. The Labute approximate surface area is 197 Å². The van der Waals surface area contributed by atoms with Crippen molar-refractivity contribution in [2.24, 2.45) is 0 Å². The molecule has 2 saturated heterocycles. The summed E-state index contributed by atoms with van der Waals surface area (Å²) in [5, 5.41) is 49.0. The first-order valence-electron chi connectivity index (χ1n) is 9.03. The maximum atomic E-state index is 11.3. The maximum absolute atomic E-state index is 11.3. The molecule has 0 aromatic heterocycles. The van der Waals surface area contributed by atoms with Crippen LogP contribution in [-0.2, 0) is 58.0 Å². The average molecular weight is 582 g/mol. The molecule has 2 fully saturated rings. The van der Waals surface area contributed by atoms with Crippen LogP contribution >= 0.6 is 0 Å². The highest BCUT2D eigenvalue weighted by Gasteiger charge is 2.62. The Kier molecular flexibility index (Phi) is 9.55. The van der Waals surface area contributed by atoms with E-state index in [1.54, 1.807) is 0 Å². The standard InChI is InChI=1S/C12H22O20S3/c13-1-4-6(16)8(30-33(18,19)20)9(31-34(21,22)23)11(27-4)29-12(3-15)10(32-35(24,25)26)7(17)5(2-14)28-12/h4-11,13-17H,1-3H2,(H,18,19,20)(H,21,22,23)(H,24,25,26)/t4-,5-,6-,7-,8+,9-,10+,11-,12+/m1/s1. The Morgan fingerprint density at radius 1 is 0.714 bits per heavy atom. The lowest BCUT2D eigenvalue weighted by Crippen LogP contribution is -2.64. The van der Waals surface area contributed by atoms with E-state index in [4.69, 9.17) is 27.9 Å². The first-order chi connectivity index (χ1) is 15.9. The molecule has 0 aromatic carbocycles. The van der Waals surface area contributed by atoms with E-state index in [1.807, 2.05) is 0 Å². The van der Waals surface area contributed by atoms with Gasteiger partial charge in [-0.25, -0.2) is 12.5 Å². The zero-order valence-electron chi connectivity index (χ0n) is 16.9. The summed E-state index contributed by atoms with van der Waals surface area (Å²) in [4.78, 5) is 0. The van der Waals surface area contributed by atoms with Gasteiger partial charge in [0, 0.05) is 0 Å². The van der Waals surface area contributed by atoms with Crippen molar-refractivity contribution in [1.82, 2.24) is 0 Å². The molecule has 35 heavy (non-hydrogen) atoms. The fourth-order valence-electron chi connectivity index (χ4n) is 3.34. The van der Waals surface area contributed by atoms with Gasteiger partial charge < -0.3 is 39.7 Å². The highest BCUT2D eigenvalue weighted by atomic mass is 32.3. The highest BCUT2D eigenvalue weighted by molar-refractivity contribution is 7.81. The van der Waals surface area contributed by atoms with Crippen LogP contribution in [0.2, 0.25) is 0 Å². The molecule has 0 aromatic rings. The topological polar surface area (TPSA) is 320 Å². The molecule has 23 heteroatoms. The van der Waals surface area contributed by atoms with Crippen LogP contribution in [0, 0.1) is 0 Å². The smallest absolute Gasteiger partial charge is 0.394 e. The van der Waals surface area contributed by atoms with Gasteiger partial charge in [-0.3, -0.25) is 13.7 Å². The van der Waals surface area contributed by atoms with Gasteiger partial charge in [0.2, 0.25) is 5.79 Å². The molecule has 9 atom stereocenters. The van der Waals surface area contributed by atoms with E-state index in [0.717, 1.165) is 0 Å². The molecule has 20 nitrogen and oxygen atoms in total. The Balaban J connectivity index is 2.58. The summed E-state index contributed by atoms with van der Waals surface area (Å²) in [6, 6.07) is 0. The van der Waals surface area contributed by atoms with Gasteiger partial charge in [-0.2, -0.15) is 25.3 Å². The Bertz CT molecular complexity index is 1040. The largest absolute Gasteiger partial charge is 0.397 e. The Morgan fingerprint density at radius 3 is 1.63 bits per heavy atom. The van der Waals surface area contributed by atoms with E-state index in [-0.39, 0.29) is 0 Å². The van der Waals surface area contributed by atoms with Crippen molar-refractivity contribution in [1.29, 1.82) is 0 Å². The maximum Gasteiger partial charge on any atom is 0.397 e.